The van der Waals surface area contributed by atoms with E-state index in [1.54, 1.807) is 45.0 Å². The van der Waals surface area contributed by atoms with Crippen LogP contribution in [0.25, 0.3) is 5.76 Å². The molecule has 4 rings (SSSR count). The van der Waals surface area contributed by atoms with Crippen molar-refractivity contribution in [2.45, 2.75) is 70.5 Å². The third kappa shape index (κ3) is 5.81. The number of fused-ring (bicyclic) bond motifs is 2. The van der Waals surface area contributed by atoms with Gasteiger partial charge in [-0.05, 0) is 57.2 Å². The summed E-state index contributed by atoms with van der Waals surface area (Å²) in [5.74, 6) is -1.50. The van der Waals surface area contributed by atoms with Crippen LogP contribution in [-0.2, 0) is 15.1 Å². The molecular formula is C28H35N3O7S. The molecule has 0 bridgehead atoms. The molecule has 1 aliphatic carbocycles. The molecular weight excluding hydrogens is 522 g/mol. The van der Waals surface area contributed by atoms with Gasteiger partial charge in [-0.3, -0.25) is 19.2 Å². The molecule has 0 spiro atoms. The minimum atomic E-state index is -3.88. The van der Waals surface area contributed by atoms with Crippen LogP contribution in [0.2, 0.25) is 0 Å². The number of anilines is 2. The van der Waals surface area contributed by atoms with Crippen molar-refractivity contribution in [1.29, 1.82) is 0 Å². The first-order valence-electron chi connectivity index (χ1n) is 12.5. The molecule has 0 fully saturated rings. The van der Waals surface area contributed by atoms with Crippen molar-refractivity contribution in [2.24, 2.45) is 9.81 Å². The zero-order valence-electron chi connectivity index (χ0n) is 22.8. The molecule has 10 nitrogen and oxygen atoms in total. The predicted molar refractivity (Wildman–Crippen MR) is 152 cm³/mol. The Morgan fingerprint density at radius 3 is 2.41 bits per heavy atom. The summed E-state index contributed by atoms with van der Waals surface area (Å²) >= 11 is 0. The summed E-state index contributed by atoms with van der Waals surface area (Å²) in [4.78, 5) is 26.0. The van der Waals surface area contributed by atoms with Crippen LogP contribution in [0.15, 0.2) is 57.3 Å². The van der Waals surface area contributed by atoms with Gasteiger partial charge >= 0.3 is 6.09 Å². The molecule has 1 aliphatic heterocycles. The lowest BCUT2D eigenvalue weighted by Crippen LogP contribution is -2.44. The number of aliphatic hydroxyl groups is 2. The van der Waals surface area contributed by atoms with Gasteiger partial charge in [0.05, 0.1) is 5.69 Å². The first-order chi connectivity index (χ1) is 17.9. The summed E-state index contributed by atoms with van der Waals surface area (Å²) in [6.45, 7) is 11.1. The average Bonchev–Trinajstić information content (AvgIpc) is 2.80. The van der Waals surface area contributed by atoms with E-state index in [0.717, 1.165) is 0 Å². The Morgan fingerprint density at radius 2 is 1.77 bits per heavy atom. The van der Waals surface area contributed by atoms with Crippen LogP contribution in [0, 0.1) is 5.41 Å². The molecule has 1 unspecified atom stereocenters. The van der Waals surface area contributed by atoms with Gasteiger partial charge in [0.25, 0.3) is 0 Å². The Hall–Kier alpha value is -3.38. The van der Waals surface area contributed by atoms with Crippen molar-refractivity contribution >= 4 is 45.6 Å². The topological polar surface area (TPSA) is 161 Å². The van der Waals surface area contributed by atoms with Crippen molar-refractivity contribution in [3.05, 3.63) is 59.2 Å². The molecule has 2 aliphatic rings. The number of carbonyl (C=O) groups is 2. The Labute approximate surface area is 229 Å². The highest BCUT2D eigenvalue weighted by molar-refractivity contribution is 8.23. The molecule has 2 aromatic rings. The largest absolute Gasteiger partial charge is 0.506 e. The number of Topliss-reactive ketones (excluding diaryl/α,β-unsaturated/α-hetero) is 1. The number of amides is 1. The summed E-state index contributed by atoms with van der Waals surface area (Å²) in [6, 6.07) is 10.9. The van der Waals surface area contributed by atoms with E-state index in [2.05, 4.69) is 15.0 Å². The van der Waals surface area contributed by atoms with Gasteiger partial charge in [-0.25, -0.2) is 4.79 Å². The van der Waals surface area contributed by atoms with Crippen molar-refractivity contribution in [3.63, 3.8) is 0 Å². The molecule has 2 aromatic carbocycles. The highest BCUT2D eigenvalue weighted by Crippen LogP contribution is 2.57. The van der Waals surface area contributed by atoms with Crippen LogP contribution >= 0.6 is 10.8 Å². The number of aliphatic hydroxyl groups excluding tert-OH is 1. The van der Waals surface area contributed by atoms with Gasteiger partial charge in [-0.1, -0.05) is 55.8 Å². The molecule has 1 heterocycles. The number of nitrogens with one attached hydrogen (secondary N) is 2. The first kappa shape index (κ1) is 28.6. The van der Waals surface area contributed by atoms with Crippen LogP contribution in [0.3, 0.4) is 0 Å². The fourth-order valence-electron chi connectivity index (χ4n) is 4.43. The quantitative estimate of drug-likeness (QED) is 0.250. The van der Waals surface area contributed by atoms with Crippen LogP contribution in [0.5, 0.6) is 0 Å². The van der Waals surface area contributed by atoms with Crippen LogP contribution < -0.4 is 10.6 Å². The van der Waals surface area contributed by atoms with Gasteiger partial charge in [-0.15, -0.1) is 4.40 Å². The van der Waals surface area contributed by atoms with Crippen LogP contribution in [-0.4, -0.2) is 42.6 Å². The van der Waals surface area contributed by atoms with Gasteiger partial charge < -0.3 is 20.3 Å². The van der Waals surface area contributed by atoms with E-state index in [1.807, 2.05) is 20.8 Å². The van der Waals surface area contributed by atoms with E-state index in [-0.39, 0.29) is 50.6 Å². The Bertz CT molecular complexity index is 1400. The van der Waals surface area contributed by atoms with Gasteiger partial charge in [-0.2, -0.15) is 0 Å². The van der Waals surface area contributed by atoms with Gasteiger partial charge in [0.2, 0.25) is 5.78 Å². The van der Waals surface area contributed by atoms with E-state index in [1.165, 1.54) is 18.2 Å². The molecule has 39 heavy (non-hydrogen) atoms. The monoisotopic (exact) mass is 557 g/mol. The highest BCUT2D eigenvalue weighted by atomic mass is 32.3. The summed E-state index contributed by atoms with van der Waals surface area (Å²) in [6.07, 6.45) is -0.130. The average molecular weight is 558 g/mol. The van der Waals surface area contributed by atoms with Gasteiger partial charge in [0.1, 0.15) is 21.8 Å². The molecule has 0 saturated carbocycles. The number of hydrogen-bond donors (Lipinski definition) is 6. The summed E-state index contributed by atoms with van der Waals surface area (Å²) in [7, 11) is -3.88. The second kappa shape index (κ2) is 9.67. The maximum Gasteiger partial charge on any atom is 0.412 e. The summed E-state index contributed by atoms with van der Waals surface area (Å²) in [5.41, 5.74) is -2.23. The lowest BCUT2D eigenvalue weighted by atomic mass is 9.72. The van der Waals surface area contributed by atoms with Gasteiger partial charge in [0, 0.05) is 16.8 Å². The number of ketones is 1. The third-order valence-electron chi connectivity index (χ3n) is 6.33. The Balaban J connectivity index is 1.73. The van der Waals surface area contributed by atoms with E-state index >= 15 is 0 Å². The van der Waals surface area contributed by atoms with Crippen molar-refractivity contribution in [1.82, 2.24) is 0 Å². The lowest BCUT2D eigenvalue weighted by Gasteiger charge is -2.38. The lowest BCUT2D eigenvalue weighted by molar-refractivity contribution is -0.135. The molecule has 210 valence electrons. The number of ether oxygens (including phenoxy) is 1. The molecule has 1 atom stereocenters. The maximum absolute atomic E-state index is 13.8. The third-order valence-corrected chi connectivity index (χ3v) is 7.70. The number of carbonyl (C=O) groups excluding carboxylic acids is 2. The Morgan fingerprint density at radius 1 is 1.10 bits per heavy atom. The predicted octanol–water partition coefficient (Wildman–Crippen LogP) is 6.45. The molecule has 0 saturated heterocycles. The first-order valence-corrected chi connectivity index (χ1v) is 14.0. The number of rotatable bonds is 4. The van der Waals surface area contributed by atoms with Gasteiger partial charge in [0.15, 0.2) is 11.4 Å². The summed E-state index contributed by atoms with van der Waals surface area (Å²) in [5, 5.41) is 28.4. The number of hydrogen-bond acceptors (Lipinski definition) is 9. The van der Waals surface area contributed by atoms with Crippen LogP contribution in [0.4, 0.5) is 16.2 Å². The number of nitrogens with zero attached hydrogens (tertiary/aromatic N) is 1. The maximum atomic E-state index is 13.8. The SMILES string of the molecule is CC(C)(C)CCC1(O)C(=O)C(C2=NS(O)(O)c3cc(NC(=O)OC(C)(C)C)ccc3N2)=C(O)c2ccccc21. The summed E-state index contributed by atoms with van der Waals surface area (Å²) < 4.78 is 31.2. The molecule has 0 radical (unpaired) electrons. The minimum Gasteiger partial charge on any atom is -0.506 e. The van der Waals surface area contributed by atoms with Crippen molar-refractivity contribution in [2.75, 3.05) is 10.6 Å². The van der Waals surface area contributed by atoms with E-state index in [0.29, 0.717) is 6.42 Å². The van der Waals surface area contributed by atoms with Crippen LogP contribution in [0.1, 0.15) is 65.5 Å². The number of benzene rings is 2. The fraction of sp³-hybridized carbons (Fsp3) is 0.393. The fourth-order valence-corrected chi connectivity index (χ4v) is 5.62. The second-order valence-electron chi connectivity index (χ2n) is 11.9. The highest BCUT2D eigenvalue weighted by Gasteiger charge is 2.49. The van der Waals surface area contributed by atoms with E-state index in [4.69, 9.17) is 4.74 Å². The zero-order valence-corrected chi connectivity index (χ0v) is 23.6. The molecule has 0 aromatic heterocycles. The molecule has 11 heteroatoms. The second-order valence-corrected chi connectivity index (χ2v) is 13.6. The van der Waals surface area contributed by atoms with Crippen molar-refractivity contribution in [3.8, 4) is 0 Å². The number of amidine groups is 1. The van der Waals surface area contributed by atoms with E-state index in [9.17, 15) is 28.9 Å². The normalized spacial score (nSPS) is 21.3. The molecule has 1 amide bonds. The van der Waals surface area contributed by atoms with Crippen molar-refractivity contribution < 1.29 is 33.6 Å². The standard InChI is InChI=1S/C28H35N3O7S/c1-26(2,3)13-14-28(35)18-10-8-7-9-17(18)22(32)21(23(28)33)24-30-19-12-11-16(15-20(19)39(36,37)31-24)29-25(34)38-27(4,5)6/h7-12,15,32,35-37H,13-14H2,1-6H3,(H,29,34)(H,30,31). The Kier molecular flexibility index (Phi) is 7.10. The van der Waals surface area contributed by atoms with E-state index < -0.39 is 39.6 Å². The zero-order chi connectivity index (χ0) is 29.0. The molecule has 6 N–H and O–H groups in total. The smallest absolute Gasteiger partial charge is 0.412 e. The minimum absolute atomic E-state index is 0.0217.